The maximum atomic E-state index is 12.1. The molecule has 1 aromatic carbocycles. The van der Waals surface area contributed by atoms with Crippen LogP contribution in [0.15, 0.2) is 48.8 Å². The molecule has 0 spiro atoms. The molecular formula is C15H17N3O2. The molecule has 2 aromatic rings. The summed E-state index contributed by atoms with van der Waals surface area (Å²) < 4.78 is 5.00. The Hall–Kier alpha value is -2.40. The minimum Gasteiger partial charge on any atom is -0.383 e. The van der Waals surface area contributed by atoms with Crippen molar-refractivity contribution in [3.63, 3.8) is 0 Å². The van der Waals surface area contributed by atoms with Crippen LogP contribution >= 0.6 is 0 Å². The summed E-state index contributed by atoms with van der Waals surface area (Å²) in [6.07, 6.45) is 3.19. The molecule has 0 aliphatic rings. The Bertz CT molecular complexity index is 558. The number of nitrogens with one attached hydrogen (secondary N) is 2. The number of ether oxygens (including phenoxy) is 1. The third-order valence-electron chi connectivity index (χ3n) is 2.74. The van der Waals surface area contributed by atoms with Gasteiger partial charge in [0.05, 0.1) is 18.0 Å². The van der Waals surface area contributed by atoms with Gasteiger partial charge in [0.2, 0.25) is 0 Å². The molecule has 2 rings (SSSR count). The third-order valence-corrected chi connectivity index (χ3v) is 2.74. The van der Waals surface area contributed by atoms with Gasteiger partial charge in [0.1, 0.15) is 0 Å². The van der Waals surface area contributed by atoms with E-state index in [-0.39, 0.29) is 5.91 Å². The van der Waals surface area contributed by atoms with Gasteiger partial charge in [-0.15, -0.1) is 0 Å². The summed E-state index contributed by atoms with van der Waals surface area (Å²) in [6, 6.07) is 10.9. The van der Waals surface area contributed by atoms with Crippen molar-refractivity contribution >= 4 is 17.3 Å². The van der Waals surface area contributed by atoms with Gasteiger partial charge in [-0.2, -0.15) is 0 Å². The van der Waals surface area contributed by atoms with Crippen LogP contribution < -0.4 is 10.6 Å². The van der Waals surface area contributed by atoms with E-state index in [2.05, 4.69) is 15.6 Å². The zero-order chi connectivity index (χ0) is 14.2. The summed E-state index contributed by atoms with van der Waals surface area (Å²) >= 11 is 0. The molecule has 20 heavy (non-hydrogen) atoms. The van der Waals surface area contributed by atoms with Crippen molar-refractivity contribution < 1.29 is 9.53 Å². The molecule has 0 aliphatic carbocycles. The van der Waals surface area contributed by atoms with E-state index in [0.29, 0.717) is 18.7 Å². The van der Waals surface area contributed by atoms with Gasteiger partial charge < -0.3 is 15.4 Å². The molecule has 0 aliphatic heterocycles. The molecule has 5 heteroatoms. The van der Waals surface area contributed by atoms with Gasteiger partial charge in [-0.25, -0.2) is 0 Å². The number of carbonyl (C=O) groups is 1. The Kier molecular flexibility index (Phi) is 5.08. The summed E-state index contributed by atoms with van der Waals surface area (Å²) in [6.45, 7) is 1.28. The van der Waals surface area contributed by atoms with Gasteiger partial charge in [0.15, 0.2) is 0 Å². The average Bonchev–Trinajstić information content (AvgIpc) is 2.50. The number of aromatic nitrogens is 1. The second-order valence-corrected chi connectivity index (χ2v) is 4.16. The van der Waals surface area contributed by atoms with Crippen molar-refractivity contribution in [2.75, 3.05) is 30.9 Å². The largest absolute Gasteiger partial charge is 0.383 e. The van der Waals surface area contributed by atoms with Crippen LogP contribution in [0.3, 0.4) is 0 Å². The van der Waals surface area contributed by atoms with Crippen LogP contribution in [0.2, 0.25) is 0 Å². The molecule has 0 bridgehead atoms. The minimum absolute atomic E-state index is 0.159. The lowest BCUT2D eigenvalue weighted by Crippen LogP contribution is -2.15. The normalized spacial score (nSPS) is 10.1. The third kappa shape index (κ3) is 3.80. The number of methoxy groups -OCH3 is 1. The molecule has 1 amide bonds. The molecule has 0 saturated heterocycles. The topological polar surface area (TPSA) is 63.2 Å². The van der Waals surface area contributed by atoms with Gasteiger partial charge in [-0.05, 0) is 24.3 Å². The number of benzene rings is 1. The van der Waals surface area contributed by atoms with Crippen LogP contribution in [-0.2, 0) is 4.74 Å². The average molecular weight is 271 g/mol. The maximum absolute atomic E-state index is 12.1. The first-order valence-electron chi connectivity index (χ1n) is 6.34. The number of hydrogen-bond donors (Lipinski definition) is 2. The Labute approximate surface area is 118 Å². The molecular weight excluding hydrogens is 254 g/mol. The fourth-order valence-electron chi connectivity index (χ4n) is 1.73. The number of para-hydroxylation sites is 2. The van der Waals surface area contributed by atoms with Crippen molar-refractivity contribution in [1.82, 2.24) is 4.98 Å². The van der Waals surface area contributed by atoms with E-state index in [4.69, 9.17) is 4.74 Å². The lowest BCUT2D eigenvalue weighted by atomic mass is 10.2. The van der Waals surface area contributed by atoms with Gasteiger partial charge in [0, 0.05) is 31.6 Å². The quantitative estimate of drug-likeness (QED) is 0.792. The van der Waals surface area contributed by atoms with Crippen molar-refractivity contribution in [3.8, 4) is 0 Å². The van der Waals surface area contributed by atoms with E-state index < -0.39 is 0 Å². The first kappa shape index (κ1) is 14.0. The predicted molar refractivity (Wildman–Crippen MR) is 79.0 cm³/mol. The van der Waals surface area contributed by atoms with E-state index in [1.807, 2.05) is 24.3 Å². The maximum Gasteiger partial charge on any atom is 0.255 e. The molecule has 0 unspecified atom stereocenters. The highest BCUT2D eigenvalue weighted by atomic mass is 16.5. The number of carbonyl (C=O) groups excluding carboxylic acids is 1. The molecule has 104 valence electrons. The highest BCUT2D eigenvalue weighted by molar-refractivity contribution is 6.05. The van der Waals surface area contributed by atoms with Gasteiger partial charge >= 0.3 is 0 Å². The fourth-order valence-corrected chi connectivity index (χ4v) is 1.73. The molecule has 0 fully saturated rings. The Morgan fingerprint density at radius 1 is 1.15 bits per heavy atom. The number of hydrogen-bond acceptors (Lipinski definition) is 4. The fraction of sp³-hybridized carbons (Fsp3) is 0.200. The second-order valence-electron chi connectivity index (χ2n) is 4.16. The SMILES string of the molecule is COCCNc1ccccc1NC(=O)c1ccncc1. The monoisotopic (exact) mass is 271 g/mol. The number of nitrogens with zero attached hydrogens (tertiary/aromatic N) is 1. The molecule has 5 nitrogen and oxygen atoms in total. The van der Waals surface area contributed by atoms with E-state index in [1.165, 1.54) is 0 Å². The summed E-state index contributed by atoms with van der Waals surface area (Å²) in [7, 11) is 1.65. The minimum atomic E-state index is -0.159. The highest BCUT2D eigenvalue weighted by Crippen LogP contribution is 2.21. The van der Waals surface area contributed by atoms with Gasteiger partial charge in [-0.3, -0.25) is 9.78 Å². The Balaban J connectivity index is 2.07. The van der Waals surface area contributed by atoms with Gasteiger partial charge in [0.25, 0.3) is 5.91 Å². The Morgan fingerprint density at radius 2 is 1.85 bits per heavy atom. The zero-order valence-corrected chi connectivity index (χ0v) is 11.3. The van der Waals surface area contributed by atoms with Crippen LogP contribution in [-0.4, -0.2) is 31.2 Å². The highest BCUT2D eigenvalue weighted by Gasteiger charge is 2.08. The van der Waals surface area contributed by atoms with Crippen LogP contribution in [0.5, 0.6) is 0 Å². The number of amides is 1. The molecule has 1 heterocycles. The lowest BCUT2D eigenvalue weighted by molar-refractivity contribution is 0.102. The zero-order valence-electron chi connectivity index (χ0n) is 11.3. The Morgan fingerprint density at radius 3 is 2.55 bits per heavy atom. The molecule has 2 N–H and O–H groups in total. The van der Waals surface area contributed by atoms with Crippen molar-refractivity contribution in [1.29, 1.82) is 0 Å². The van der Waals surface area contributed by atoms with Crippen LogP contribution in [0.4, 0.5) is 11.4 Å². The van der Waals surface area contributed by atoms with E-state index >= 15 is 0 Å². The molecule has 0 atom stereocenters. The number of pyridine rings is 1. The summed E-state index contributed by atoms with van der Waals surface area (Å²) in [5.74, 6) is -0.159. The predicted octanol–water partition coefficient (Wildman–Crippen LogP) is 2.39. The van der Waals surface area contributed by atoms with E-state index in [1.54, 1.807) is 31.6 Å². The second kappa shape index (κ2) is 7.25. The van der Waals surface area contributed by atoms with Crippen LogP contribution in [0.25, 0.3) is 0 Å². The molecule has 1 aromatic heterocycles. The van der Waals surface area contributed by atoms with Gasteiger partial charge in [-0.1, -0.05) is 12.1 Å². The van der Waals surface area contributed by atoms with Crippen LogP contribution in [0, 0.1) is 0 Å². The first-order valence-corrected chi connectivity index (χ1v) is 6.34. The molecule has 0 radical (unpaired) electrons. The van der Waals surface area contributed by atoms with Crippen molar-refractivity contribution in [2.45, 2.75) is 0 Å². The van der Waals surface area contributed by atoms with Crippen molar-refractivity contribution in [3.05, 3.63) is 54.4 Å². The van der Waals surface area contributed by atoms with Crippen molar-refractivity contribution in [2.24, 2.45) is 0 Å². The summed E-state index contributed by atoms with van der Waals surface area (Å²) in [5.41, 5.74) is 2.18. The summed E-state index contributed by atoms with van der Waals surface area (Å²) in [4.78, 5) is 16.0. The van der Waals surface area contributed by atoms with E-state index in [0.717, 1.165) is 11.4 Å². The smallest absolute Gasteiger partial charge is 0.255 e. The number of anilines is 2. The van der Waals surface area contributed by atoms with E-state index in [9.17, 15) is 4.79 Å². The summed E-state index contributed by atoms with van der Waals surface area (Å²) in [5, 5.41) is 6.10. The first-order chi connectivity index (χ1) is 9.81. The lowest BCUT2D eigenvalue weighted by Gasteiger charge is -2.12. The van der Waals surface area contributed by atoms with Crippen LogP contribution in [0.1, 0.15) is 10.4 Å². The standard InChI is InChI=1S/C15H17N3O2/c1-20-11-10-17-13-4-2-3-5-14(13)18-15(19)12-6-8-16-9-7-12/h2-9,17H,10-11H2,1H3,(H,18,19). The molecule has 0 saturated carbocycles. The number of rotatable bonds is 6.